The van der Waals surface area contributed by atoms with Crippen LogP contribution >= 0.6 is 39.0 Å². The van der Waals surface area contributed by atoms with Crippen molar-refractivity contribution in [1.82, 2.24) is 20.9 Å². The van der Waals surface area contributed by atoms with Crippen LogP contribution in [0.15, 0.2) is 70.9 Å². The first-order valence-corrected chi connectivity index (χ1v) is 46.2. The standard InChI is InChI=1S/C22H29N2O2P.C18H27N2P.C12H20N2.6C5H10.C4H4Cl2O2.12CH3.6Fe/c25-19-14-15-20(26)24-22(17-10-6-7-11-17)27(18-12-2-1-3-13-18)21(23(19)24)16-8-4-5-9-16;1-2-12-16(13-3-1)21-17(14-8-4-5-9-14)19-20-18(21)15-10-6-7-11-15;1-2-6-11(5-1)9-13-14-10-12-7-3-4-8-12;6*1-2-4-5-3-1;5-3(7)1-2-4(6)8;;;;;;;;;;;;;;;;;;/h1-3,12-13,16-17,21-22H,4-11,14-15H2;1-3,12-15,17-20H,4-11H2;9-12H,1-8H2;6*1-5H2;1-2H2;12*1H3;;;;;;/q;;;;;;;;;;12*-1;6*+2/b;;13-9+,14-10+;;;;;;;;;;;;;;;;;;;;;;;;;/t21-,22+,27?;17-,18-;;;;;;;;;;;;;;;;;;;;;;;;;;/m.0........................../s1. The minimum atomic E-state index is -0.582. The van der Waals surface area contributed by atoms with Gasteiger partial charge in [0, 0.05) is 49.7 Å². The first-order valence-electron chi connectivity index (χ1n) is 42.5. The number of fused-ring (bicyclic) bond motifs is 1. The molecule has 0 aromatic heterocycles. The largest absolute Gasteiger partial charge is 2.00 e. The summed E-state index contributed by atoms with van der Waals surface area (Å²) in [5.41, 5.74) is 7.51. The van der Waals surface area contributed by atoms with E-state index in [1.807, 2.05) is 10.0 Å². The van der Waals surface area contributed by atoms with Crippen LogP contribution in [0, 0.1) is 125 Å². The monoisotopic (exact) mass is 1970 g/mol. The Kier molecular flexibility index (Phi) is 106. The van der Waals surface area contributed by atoms with Gasteiger partial charge < -0.3 is 89.1 Å². The molecule has 10 nitrogen and oxygen atoms in total. The van der Waals surface area contributed by atoms with Crippen LogP contribution in [0.1, 0.15) is 372 Å². The third-order valence-electron chi connectivity index (χ3n) is 24.2. The van der Waals surface area contributed by atoms with Crippen molar-refractivity contribution in [3.8, 4) is 0 Å². The van der Waals surface area contributed by atoms with Gasteiger partial charge in [0.2, 0.25) is 22.3 Å². The average Bonchev–Trinajstić information content (AvgIpc) is 1.57. The van der Waals surface area contributed by atoms with Crippen molar-refractivity contribution in [3.05, 3.63) is 150 Å². The zero-order valence-electron chi connectivity index (χ0n) is 76.9. The van der Waals surface area contributed by atoms with Gasteiger partial charge in [-0.25, -0.2) is 20.9 Å². The van der Waals surface area contributed by atoms with Gasteiger partial charge in [-0.15, -0.1) is 0 Å². The third-order valence-corrected chi connectivity index (χ3v) is 31.1. The predicted molar refractivity (Wildman–Crippen MR) is 506 cm³/mol. The van der Waals surface area contributed by atoms with Crippen molar-refractivity contribution in [2.24, 2.45) is 45.7 Å². The molecule has 694 valence electrons. The van der Waals surface area contributed by atoms with E-state index in [0.29, 0.717) is 36.2 Å². The molecule has 15 fully saturated rings. The summed E-state index contributed by atoms with van der Waals surface area (Å²) < 4.78 is 0. The van der Waals surface area contributed by atoms with Gasteiger partial charge in [0.1, 0.15) is 0 Å². The summed E-state index contributed by atoms with van der Waals surface area (Å²) in [5.74, 6) is 6.59. The van der Waals surface area contributed by atoms with E-state index >= 15 is 0 Å². The molecule has 2 N–H and O–H groups in total. The molecule has 15 aliphatic rings. The van der Waals surface area contributed by atoms with Gasteiger partial charge in [-0.2, -0.15) is 10.2 Å². The van der Waals surface area contributed by atoms with E-state index in [9.17, 15) is 19.2 Å². The fourth-order valence-corrected chi connectivity index (χ4v) is 26.0. The number of amides is 2. The number of nitrogens with one attached hydrogen (secondary N) is 2. The summed E-state index contributed by atoms with van der Waals surface area (Å²) in [6.45, 7) is 0. The zero-order chi connectivity index (χ0) is 69.9. The van der Waals surface area contributed by atoms with Crippen LogP contribution in [-0.2, 0) is 122 Å². The molecule has 0 radical (unpaired) electrons. The van der Waals surface area contributed by atoms with E-state index in [2.05, 4.69) is 94.1 Å². The first-order chi connectivity index (χ1) is 49.3. The molecule has 5 atom stereocenters. The molecule has 118 heavy (non-hydrogen) atoms. The molecule has 0 bridgehead atoms. The predicted octanol–water partition coefficient (Wildman–Crippen LogP) is 30.0. The van der Waals surface area contributed by atoms with Gasteiger partial charge in [-0.3, -0.25) is 19.2 Å². The number of hydrogen-bond donors (Lipinski definition) is 2. The number of carbonyl (C=O) groups is 4. The minimum absolute atomic E-state index is 0. The van der Waals surface area contributed by atoms with Crippen LogP contribution in [-0.4, -0.2) is 67.9 Å². The van der Waals surface area contributed by atoms with Crippen LogP contribution < -0.4 is 21.5 Å². The number of hydrazine groups is 2. The number of rotatable bonds is 12. The van der Waals surface area contributed by atoms with Gasteiger partial charge in [0.05, 0.1) is 11.6 Å². The maximum absolute atomic E-state index is 13.1. The first kappa shape index (κ1) is 142. The Bertz CT molecular complexity index is 2330. The maximum Gasteiger partial charge on any atom is 2.00 e. The molecule has 20 heteroatoms. The Morgan fingerprint density at radius 2 is 0.500 bits per heavy atom. The molecular formula is C98H176Cl2Fe6N6O4P2. The SMILES string of the molecule is C(=N\N=C\C1CCCC1)/C1CCCC1.C1CCCC1.C1CCCC1.C1CCCC1.C1CCCC1.C1CCCC1.C1CCCC1.O=C(Cl)CCC(=O)Cl.O=C1CCC(=O)N2[C@H](C3CCCC3)P(c3ccccc3)[C@H](C3CCCC3)N12.[CH3-].[CH3-].[CH3-].[CH3-].[CH3-].[CH3-].[CH3-].[CH3-].[CH3-].[CH3-].[CH3-].[CH3-].[Fe+2].[Fe+2].[Fe+2].[Fe+2].[Fe+2].[Fe+2].c1ccc(P2[C@@H](C3CCCC3)NN[C@@H]2C2CCCC2)cc1. The van der Waals surface area contributed by atoms with E-state index in [4.69, 9.17) is 23.2 Å². The number of nitrogens with zero attached hydrogens (tertiary/aromatic N) is 4. The fraction of sp³-hybridized carbons (Fsp3) is 0.694. The summed E-state index contributed by atoms with van der Waals surface area (Å²) >= 11 is 9.74. The number of halogens is 2. The van der Waals surface area contributed by atoms with E-state index in [1.165, 1.54) is 352 Å². The zero-order valence-corrected chi connectivity index (χ0v) is 86.8. The molecule has 12 aliphatic carbocycles. The van der Waals surface area contributed by atoms with E-state index in [-0.39, 0.29) is 236 Å². The Hall–Kier alpha value is 0.537. The second-order valence-electron chi connectivity index (χ2n) is 32.1. The molecule has 2 aromatic rings. The summed E-state index contributed by atoms with van der Waals surface area (Å²) in [6.07, 6.45) is 82.2. The number of benzene rings is 2. The molecule has 1 unspecified atom stereocenters. The molecule has 2 amide bonds. The Balaban J connectivity index is -0.000000126. The molecule has 17 rings (SSSR count). The third kappa shape index (κ3) is 53.5. The maximum atomic E-state index is 13.1. The van der Waals surface area contributed by atoms with Gasteiger partial charge in [0.15, 0.2) is 0 Å². The van der Waals surface area contributed by atoms with Crippen molar-refractivity contribution in [2.75, 3.05) is 0 Å². The smallest absolute Gasteiger partial charge is 0.358 e. The Morgan fingerprint density at radius 3 is 0.712 bits per heavy atom. The minimum Gasteiger partial charge on any atom is -0.358 e. The van der Waals surface area contributed by atoms with Crippen LogP contribution in [0.5, 0.6) is 0 Å². The van der Waals surface area contributed by atoms with E-state index in [0.717, 1.165) is 23.7 Å². The molecule has 0 spiro atoms. The average molecular weight is 1970 g/mol. The van der Waals surface area contributed by atoms with Crippen LogP contribution in [0.2, 0.25) is 0 Å². The summed E-state index contributed by atoms with van der Waals surface area (Å²) in [6, 6.07) is 22.2. The molecule has 12 saturated carbocycles. The molecule has 2 aromatic carbocycles. The fourth-order valence-electron chi connectivity index (χ4n) is 18.5. The van der Waals surface area contributed by atoms with Crippen molar-refractivity contribution in [2.45, 2.75) is 396 Å². The van der Waals surface area contributed by atoms with Crippen molar-refractivity contribution in [1.29, 1.82) is 0 Å². The van der Waals surface area contributed by atoms with Crippen LogP contribution in [0.25, 0.3) is 0 Å². The van der Waals surface area contributed by atoms with Crippen molar-refractivity contribution in [3.63, 3.8) is 0 Å². The second kappa shape index (κ2) is 88.2. The second-order valence-corrected chi connectivity index (χ2v) is 37.8. The molecule has 3 heterocycles. The van der Waals surface area contributed by atoms with Gasteiger partial charge in [-0.1, -0.05) is 330 Å². The normalized spacial score (nSPS) is 22.9. The van der Waals surface area contributed by atoms with Gasteiger partial charge in [0.25, 0.3) is 0 Å². The van der Waals surface area contributed by atoms with Crippen LogP contribution in [0.4, 0.5) is 0 Å². The van der Waals surface area contributed by atoms with Crippen LogP contribution in [0.3, 0.4) is 0 Å². The van der Waals surface area contributed by atoms with Gasteiger partial charge in [-0.05, 0) is 162 Å². The Labute approximate surface area is 810 Å². The summed E-state index contributed by atoms with van der Waals surface area (Å²) in [4.78, 5) is 45.9. The summed E-state index contributed by atoms with van der Waals surface area (Å²) in [5, 5.41) is 14.2. The number of carbonyl (C=O) groups excluding carboxylic acids is 4. The van der Waals surface area contributed by atoms with Crippen molar-refractivity contribution >= 4 is 84.4 Å². The van der Waals surface area contributed by atoms with Gasteiger partial charge >= 0.3 is 102 Å². The summed E-state index contributed by atoms with van der Waals surface area (Å²) in [7, 11) is -0.694. The molecule has 3 saturated heterocycles. The molecule has 3 aliphatic heterocycles. The number of hydrogen-bond acceptors (Lipinski definition) is 8. The quantitative estimate of drug-likeness (QED) is 0.0545. The molecular weight excluding hydrogens is 1790 g/mol. The van der Waals surface area contributed by atoms with Crippen molar-refractivity contribution < 1.29 is 122 Å². The van der Waals surface area contributed by atoms with E-state index in [1.54, 1.807) is 5.30 Å². The van der Waals surface area contributed by atoms with E-state index < -0.39 is 18.4 Å². The Morgan fingerprint density at radius 1 is 0.305 bits per heavy atom. The topological polar surface area (TPSA) is 124 Å².